The van der Waals surface area contributed by atoms with Crippen molar-refractivity contribution >= 4 is 5.84 Å². The van der Waals surface area contributed by atoms with Crippen LogP contribution in [0.4, 0.5) is 13.2 Å². The molecule has 0 fully saturated rings. The molecule has 0 aliphatic heterocycles. The molecule has 0 atom stereocenters. The van der Waals surface area contributed by atoms with Crippen LogP contribution in [0.2, 0.25) is 0 Å². The van der Waals surface area contributed by atoms with Gasteiger partial charge in [-0.3, -0.25) is 5.41 Å². The van der Waals surface area contributed by atoms with Crippen LogP contribution in [-0.4, -0.2) is 18.6 Å². The normalized spacial score (nSPS) is 11.5. The zero-order chi connectivity index (χ0) is 13.6. The lowest BCUT2D eigenvalue weighted by atomic mass is 10.1. The van der Waals surface area contributed by atoms with Gasteiger partial charge < -0.3 is 10.5 Å². The molecule has 0 spiro atoms. The summed E-state index contributed by atoms with van der Waals surface area (Å²) in [6.07, 6.45) is -5.05. The molecule has 1 aromatic carbocycles. The minimum Gasteiger partial charge on any atom is -0.384 e. The molecule has 0 saturated carbocycles. The molecular weight excluding hydrogens is 245 g/mol. The third-order valence-electron chi connectivity index (χ3n) is 2.31. The third kappa shape index (κ3) is 5.18. The number of hydrogen-bond acceptors (Lipinski definition) is 2. The van der Waals surface area contributed by atoms with Crippen LogP contribution in [-0.2, 0) is 11.3 Å². The molecule has 0 unspecified atom stereocenters. The zero-order valence-corrected chi connectivity index (χ0v) is 9.76. The quantitative estimate of drug-likeness (QED) is 0.469. The molecule has 18 heavy (non-hydrogen) atoms. The van der Waals surface area contributed by atoms with Crippen LogP contribution in [0.1, 0.15) is 24.0 Å². The molecule has 0 bridgehead atoms. The van der Waals surface area contributed by atoms with Crippen molar-refractivity contribution in [3.63, 3.8) is 0 Å². The molecule has 0 aromatic heterocycles. The van der Waals surface area contributed by atoms with Crippen LogP contribution in [0.5, 0.6) is 0 Å². The van der Waals surface area contributed by atoms with Gasteiger partial charge in [-0.1, -0.05) is 24.3 Å². The Hall–Kier alpha value is -1.56. The third-order valence-corrected chi connectivity index (χ3v) is 2.31. The van der Waals surface area contributed by atoms with Crippen LogP contribution in [0, 0.1) is 5.41 Å². The Morgan fingerprint density at radius 2 is 1.94 bits per heavy atom. The second-order valence-electron chi connectivity index (χ2n) is 3.84. The SMILES string of the molecule is N=C(N)c1ccccc1COCCCC(F)(F)F. The molecule has 0 heterocycles. The zero-order valence-electron chi connectivity index (χ0n) is 9.76. The van der Waals surface area contributed by atoms with Crippen LogP contribution in [0.15, 0.2) is 24.3 Å². The summed E-state index contributed by atoms with van der Waals surface area (Å²) in [4.78, 5) is 0. The first-order valence-electron chi connectivity index (χ1n) is 5.47. The van der Waals surface area contributed by atoms with E-state index in [1.54, 1.807) is 24.3 Å². The molecule has 0 amide bonds. The predicted octanol–water partition coefficient (Wildman–Crippen LogP) is 2.83. The lowest BCUT2D eigenvalue weighted by Crippen LogP contribution is -2.14. The van der Waals surface area contributed by atoms with Gasteiger partial charge in [-0.25, -0.2) is 0 Å². The molecule has 0 radical (unpaired) electrons. The van der Waals surface area contributed by atoms with E-state index in [9.17, 15) is 13.2 Å². The van der Waals surface area contributed by atoms with Gasteiger partial charge in [-0.15, -0.1) is 0 Å². The van der Waals surface area contributed by atoms with Crippen molar-refractivity contribution in [2.75, 3.05) is 6.61 Å². The smallest absolute Gasteiger partial charge is 0.384 e. The van der Waals surface area contributed by atoms with Gasteiger partial charge in [0.25, 0.3) is 0 Å². The van der Waals surface area contributed by atoms with E-state index in [4.69, 9.17) is 15.9 Å². The van der Waals surface area contributed by atoms with Gasteiger partial charge in [0.1, 0.15) is 5.84 Å². The van der Waals surface area contributed by atoms with Crippen LogP contribution in [0.3, 0.4) is 0 Å². The highest BCUT2D eigenvalue weighted by Gasteiger charge is 2.25. The number of nitrogen functional groups attached to an aromatic ring is 1. The summed E-state index contributed by atoms with van der Waals surface area (Å²) in [6, 6.07) is 6.92. The number of nitrogens with two attached hydrogens (primary N) is 1. The van der Waals surface area contributed by atoms with Crippen molar-refractivity contribution in [2.24, 2.45) is 5.73 Å². The number of alkyl halides is 3. The second-order valence-corrected chi connectivity index (χ2v) is 3.84. The maximum absolute atomic E-state index is 11.9. The van der Waals surface area contributed by atoms with E-state index in [0.29, 0.717) is 11.1 Å². The Morgan fingerprint density at radius 3 is 2.56 bits per heavy atom. The largest absolute Gasteiger partial charge is 0.389 e. The molecule has 1 rings (SSSR count). The number of benzene rings is 1. The fraction of sp³-hybridized carbons (Fsp3) is 0.417. The van der Waals surface area contributed by atoms with Crippen LogP contribution < -0.4 is 5.73 Å². The lowest BCUT2D eigenvalue weighted by Gasteiger charge is -2.09. The molecule has 3 nitrogen and oxygen atoms in total. The summed E-state index contributed by atoms with van der Waals surface area (Å²) in [5.74, 6) is -0.0792. The monoisotopic (exact) mass is 260 g/mol. The first-order chi connectivity index (χ1) is 8.40. The van der Waals surface area contributed by atoms with Crippen molar-refractivity contribution in [3.8, 4) is 0 Å². The molecular formula is C12H15F3N2O. The number of rotatable bonds is 6. The van der Waals surface area contributed by atoms with E-state index >= 15 is 0 Å². The minimum atomic E-state index is -4.14. The molecule has 1 aromatic rings. The van der Waals surface area contributed by atoms with Crippen LogP contribution >= 0.6 is 0 Å². The number of amidine groups is 1. The van der Waals surface area contributed by atoms with Crippen molar-refractivity contribution < 1.29 is 17.9 Å². The standard InChI is InChI=1S/C12H15F3N2O/c13-12(14,15)6-3-7-18-8-9-4-1-2-5-10(9)11(16)17/h1-2,4-5H,3,6-8H2,(H3,16,17). The van der Waals surface area contributed by atoms with Gasteiger partial charge in [0, 0.05) is 18.6 Å². The molecule has 0 saturated heterocycles. The maximum atomic E-state index is 11.9. The van der Waals surface area contributed by atoms with Gasteiger partial charge in [0.2, 0.25) is 0 Å². The Bertz CT molecular complexity index is 405. The number of nitrogens with one attached hydrogen (secondary N) is 1. The van der Waals surface area contributed by atoms with Crippen molar-refractivity contribution in [2.45, 2.75) is 25.6 Å². The molecule has 0 aliphatic rings. The number of halogens is 3. The molecule has 3 N–H and O–H groups in total. The average Bonchev–Trinajstić information content (AvgIpc) is 2.27. The summed E-state index contributed by atoms with van der Waals surface area (Å²) < 4.78 is 40.8. The summed E-state index contributed by atoms with van der Waals surface area (Å²) in [7, 11) is 0. The highest BCUT2D eigenvalue weighted by Crippen LogP contribution is 2.21. The topological polar surface area (TPSA) is 59.1 Å². The molecule has 0 aliphatic carbocycles. The van der Waals surface area contributed by atoms with Gasteiger partial charge >= 0.3 is 6.18 Å². The first kappa shape index (κ1) is 14.5. The van der Waals surface area contributed by atoms with Gasteiger partial charge in [0.05, 0.1) is 6.61 Å². The minimum absolute atomic E-state index is 0.0335. The van der Waals surface area contributed by atoms with E-state index in [2.05, 4.69) is 0 Å². The fourth-order valence-electron chi connectivity index (χ4n) is 1.47. The summed E-state index contributed by atoms with van der Waals surface area (Å²) in [5, 5.41) is 7.35. The Morgan fingerprint density at radius 1 is 1.28 bits per heavy atom. The van der Waals surface area contributed by atoms with Crippen molar-refractivity contribution in [1.82, 2.24) is 0 Å². The Kier molecular flexibility index (Phi) is 5.15. The Labute approximate surface area is 103 Å². The van der Waals surface area contributed by atoms with Gasteiger partial charge in [-0.05, 0) is 12.0 Å². The average molecular weight is 260 g/mol. The van der Waals surface area contributed by atoms with E-state index in [1.807, 2.05) is 0 Å². The summed E-state index contributed by atoms with van der Waals surface area (Å²) in [5.41, 5.74) is 6.64. The predicted molar refractivity (Wildman–Crippen MR) is 62.4 cm³/mol. The number of hydrogen-bond donors (Lipinski definition) is 2. The van der Waals surface area contributed by atoms with E-state index in [0.717, 1.165) is 0 Å². The molecule has 100 valence electrons. The van der Waals surface area contributed by atoms with E-state index in [-0.39, 0.29) is 25.5 Å². The lowest BCUT2D eigenvalue weighted by molar-refractivity contribution is -0.138. The molecule has 6 heteroatoms. The fourth-order valence-corrected chi connectivity index (χ4v) is 1.47. The van der Waals surface area contributed by atoms with Gasteiger partial charge in [0.15, 0.2) is 0 Å². The van der Waals surface area contributed by atoms with Gasteiger partial charge in [-0.2, -0.15) is 13.2 Å². The first-order valence-corrected chi connectivity index (χ1v) is 5.47. The second kappa shape index (κ2) is 6.39. The van der Waals surface area contributed by atoms with Crippen molar-refractivity contribution in [1.29, 1.82) is 5.41 Å². The Balaban J connectivity index is 2.38. The van der Waals surface area contributed by atoms with E-state index < -0.39 is 12.6 Å². The summed E-state index contributed by atoms with van der Waals surface area (Å²) in [6.45, 7) is 0.194. The maximum Gasteiger partial charge on any atom is 0.389 e. The number of ether oxygens (including phenoxy) is 1. The van der Waals surface area contributed by atoms with Crippen LogP contribution in [0.25, 0.3) is 0 Å². The highest BCUT2D eigenvalue weighted by atomic mass is 19.4. The summed E-state index contributed by atoms with van der Waals surface area (Å²) >= 11 is 0. The highest BCUT2D eigenvalue weighted by molar-refractivity contribution is 5.96. The van der Waals surface area contributed by atoms with Crippen molar-refractivity contribution in [3.05, 3.63) is 35.4 Å². The van der Waals surface area contributed by atoms with E-state index in [1.165, 1.54) is 0 Å².